The molecule has 0 radical (unpaired) electrons. The minimum Gasteiger partial charge on any atom is -0.493 e. The number of aromatic nitrogens is 1. The first-order chi connectivity index (χ1) is 20.9. The van der Waals surface area contributed by atoms with Gasteiger partial charge in [-0.1, -0.05) is 49.9 Å². The summed E-state index contributed by atoms with van der Waals surface area (Å²) in [7, 11) is 0. The van der Waals surface area contributed by atoms with E-state index in [9.17, 15) is 14.3 Å². The van der Waals surface area contributed by atoms with Crippen molar-refractivity contribution in [3.63, 3.8) is 0 Å². The van der Waals surface area contributed by atoms with Crippen molar-refractivity contribution < 1.29 is 23.8 Å². The molecule has 2 aromatic carbocycles. The van der Waals surface area contributed by atoms with Crippen LogP contribution in [0.2, 0.25) is 0 Å². The molecule has 2 aliphatic rings. The van der Waals surface area contributed by atoms with Gasteiger partial charge in [-0.05, 0) is 94.7 Å². The third-order valence-electron chi connectivity index (χ3n) is 9.17. The van der Waals surface area contributed by atoms with E-state index in [4.69, 9.17) is 14.5 Å². The molecule has 2 heterocycles. The van der Waals surface area contributed by atoms with E-state index in [-0.39, 0.29) is 11.2 Å². The quantitative estimate of drug-likeness (QED) is 0.264. The monoisotopic (exact) mass is 602 g/mol. The summed E-state index contributed by atoms with van der Waals surface area (Å²) in [6.45, 7) is 11.9. The van der Waals surface area contributed by atoms with Gasteiger partial charge in [0, 0.05) is 42.0 Å². The smallest absolute Gasteiger partial charge is 0.337 e. The van der Waals surface area contributed by atoms with E-state index in [1.807, 2.05) is 58.9 Å². The van der Waals surface area contributed by atoms with Crippen molar-refractivity contribution in [2.45, 2.75) is 97.7 Å². The lowest BCUT2D eigenvalue weighted by Gasteiger charge is -2.34. The molecule has 2 fully saturated rings. The van der Waals surface area contributed by atoms with Gasteiger partial charge in [0.25, 0.3) is 0 Å². The number of ether oxygens (including phenoxy) is 2. The Morgan fingerprint density at radius 1 is 0.977 bits per heavy atom. The Balaban J connectivity index is 1.51. The van der Waals surface area contributed by atoms with E-state index >= 15 is 0 Å². The first kappa shape index (κ1) is 32.0. The molecule has 1 aliphatic heterocycles. The van der Waals surface area contributed by atoms with Crippen LogP contribution in [0, 0.1) is 25.1 Å². The van der Waals surface area contributed by atoms with Crippen molar-refractivity contribution in [1.29, 1.82) is 0 Å². The molecular formula is C37H47FN2O4. The minimum atomic E-state index is -1.14. The number of benzene rings is 2. The molecule has 1 spiro atoms. The molecule has 0 amide bonds. The molecule has 3 aromatic rings. The van der Waals surface area contributed by atoms with Crippen LogP contribution in [0.4, 0.5) is 10.1 Å². The van der Waals surface area contributed by atoms with Crippen LogP contribution in [0.5, 0.6) is 5.75 Å². The summed E-state index contributed by atoms with van der Waals surface area (Å²) >= 11 is 0. The molecule has 1 N–H and O–H groups in total. The Labute approximate surface area is 261 Å². The van der Waals surface area contributed by atoms with Gasteiger partial charge in [-0.15, -0.1) is 0 Å². The zero-order valence-electron chi connectivity index (χ0n) is 26.9. The van der Waals surface area contributed by atoms with Crippen LogP contribution in [0.25, 0.3) is 11.1 Å². The number of anilines is 1. The van der Waals surface area contributed by atoms with Gasteiger partial charge in [-0.25, -0.2) is 9.18 Å². The standard InChI is InChI=1S/C37H47FN2O4/c1-25-31(28-12-16-30(17-13-28)43-23-18-27-10-14-29(38)15-11-27)33(40-22-21-37(24-40)19-8-6-7-9-20-37)32(26(2)39-25)34(35(41)42)44-36(3,4)5/h10-17,34H,6-9,18-24H2,1-5H3,(H,41,42)/t34-/m0/s1. The summed E-state index contributed by atoms with van der Waals surface area (Å²) in [5.74, 6) is -0.505. The number of aliphatic carboxylic acids is 1. The molecule has 7 heteroatoms. The first-order valence-electron chi connectivity index (χ1n) is 16.1. The molecule has 1 aliphatic carbocycles. The number of carboxylic acids is 1. The number of pyridine rings is 1. The zero-order chi connectivity index (χ0) is 31.5. The summed E-state index contributed by atoms with van der Waals surface area (Å²) in [6.07, 6.45) is 8.21. The molecule has 0 bridgehead atoms. The number of aryl methyl sites for hydroxylation is 2. The highest BCUT2D eigenvalue weighted by molar-refractivity contribution is 5.88. The molecule has 236 valence electrons. The maximum absolute atomic E-state index is 13.2. The van der Waals surface area contributed by atoms with E-state index in [0.717, 1.165) is 53.3 Å². The highest BCUT2D eigenvalue weighted by Crippen LogP contribution is 2.49. The molecule has 44 heavy (non-hydrogen) atoms. The molecule has 1 saturated heterocycles. The number of halogens is 1. The maximum Gasteiger partial charge on any atom is 0.337 e. The number of nitrogens with zero attached hydrogens (tertiary/aromatic N) is 2. The molecule has 6 nitrogen and oxygen atoms in total. The van der Waals surface area contributed by atoms with Gasteiger partial charge >= 0.3 is 5.97 Å². The number of carboxylic acid groups (broad SMARTS) is 1. The van der Waals surface area contributed by atoms with E-state index in [1.54, 1.807) is 12.1 Å². The second-order valence-corrected chi connectivity index (χ2v) is 13.7. The second-order valence-electron chi connectivity index (χ2n) is 13.7. The number of carbonyl (C=O) groups is 1. The van der Waals surface area contributed by atoms with Crippen molar-refractivity contribution >= 4 is 11.7 Å². The van der Waals surface area contributed by atoms with Crippen LogP contribution < -0.4 is 9.64 Å². The Kier molecular flexibility index (Phi) is 9.64. The highest BCUT2D eigenvalue weighted by Gasteiger charge is 2.42. The summed E-state index contributed by atoms with van der Waals surface area (Å²) < 4.78 is 25.5. The Hall–Kier alpha value is -3.45. The van der Waals surface area contributed by atoms with E-state index in [2.05, 4.69) is 4.90 Å². The third-order valence-corrected chi connectivity index (χ3v) is 9.17. The van der Waals surface area contributed by atoms with E-state index in [0.29, 0.717) is 24.3 Å². The van der Waals surface area contributed by atoms with Crippen molar-refractivity contribution in [3.8, 4) is 16.9 Å². The van der Waals surface area contributed by atoms with Crippen LogP contribution in [0.3, 0.4) is 0 Å². The molecule has 0 unspecified atom stereocenters. The van der Waals surface area contributed by atoms with Crippen LogP contribution in [-0.2, 0) is 16.0 Å². The molecule has 1 atom stereocenters. The van der Waals surface area contributed by atoms with Crippen LogP contribution in [0.1, 0.15) is 94.3 Å². The van der Waals surface area contributed by atoms with Crippen molar-refractivity contribution in [3.05, 3.63) is 76.9 Å². The second kappa shape index (κ2) is 13.3. The van der Waals surface area contributed by atoms with Gasteiger partial charge in [0.15, 0.2) is 6.10 Å². The average Bonchev–Trinajstić information content (AvgIpc) is 3.24. The van der Waals surface area contributed by atoms with Crippen molar-refractivity contribution in [2.75, 3.05) is 24.6 Å². The number of hydrogen-bond acceptors (Lipinski definition) is 5. The molecular weight excluding hydrogens is 555 g/mol. The minimum absolute atomic E-state index is 0.244. The van der Waals surface area contributed by atoms with Gasteiger partial charge in [0.1, 0.15) is 11.6 Å². The Morgan fingerprint density at radius 2 is 1.64 bits per heavy atom. The summed E-state index contributed by atoms with van der Waals surface area (Å²) in [5.41, 5.74) is 5.71. The number of rotatable bonds is 9. The molecule has 1 saturated carbocycles. The van der Waals surface area contributed by atoms with Crippen LogP contribution in [-0.4, -0.2) is 41.4 Å². The van der Waals surface area contributed by atoms with Crippen LogP contribution >= 0.6 is 0 Å². The Morgan fingerprint density at radius 3 is 2.25 bits per heavy atom. The fraction of sp³-hybridized carbons (Fsp3) is 0.514. The SMILES string of the molecule is Cc1nc(C)c([C@H](OC(C)(C)C)C(=O)O)c(N2CCC3(CCCCCC3)C2)c1-c1ccc(OCCc2ccc(F)cc2)cc1. The average molecular weight is 603 g/mol. The first-order valence-corrected chi connectivity index (χ1v) is 16.1. The predicted octanol–water partition coefficient (Wildman–Crippen LogP) is 8.62. The van der Waals surface area contributed by atoms with Gasteiger partial charge in [-0.3, -0.25) is 4.98 Å². The van der Waals surface area contributed by atoms with Crippen molar-refractivity contribution in [1.82, 2.24) is 4.98 Å². The predicted molar refractivity (Wildman–Crippen MR) is 173 cm³/mol. The fourth-order valence-electron chi connectivity index (χ4n) is 7.09. The summed E-state index contributed by atoms with van der Waals surface area (Å²) in [6, 6.07) is 14.5. The van der Waals surface area contributed by atoms with E-state index < -0.39 is 17.7 Å². The lowest BCUT2D eigenvalue weighted by Crippen LogP contribution is -2.32. The van der Waals surface area contributed by atoms with E-state index in [1.165, 1.54) is 50.7 Å². The normalized spacial score (nSPS) is 17.5. The maximum atomic E-state index is 13.2. The molecule has 5 rings (SSSR count). The van der Waals surface area contributed by atoms with Gasteiger partial charge in [0.05, 0.1) is 17.9 Å². The zero-order valence-corrected chi connectivity index (χ0v) is 26.9. The Bertz CT molecular complexity index is 1440. The molecule has 1 aromatic heterocycles. The van der Waals surface area contributed by atoms with Crippen LogP contribution in [0.15, 0.2) is 48.5 Å². The largest absolute Gasteiger partial charge is 0.493 e. The lowest BCUT2D eigenvalue weighted by molar-refractivity contribution is -0.160. The number of hydrogen-bond donors (Lipinski definition) is 1. The third kappa shape index (κ3) is 7.43. The van der Waals surface area contributed by atoms with Crippen molar-refractivity contribution in [2.24, 2.45) is 5.41 Å². The highest BCUT2D eigenvalue weighted by atomic mass is 19.1. The lowest BCUT2D eigenvalue weighted by atomic mass is 9.80. The summed E-state index contributed by atoms with van der Waals surface area (Å²) in [5, 5.41) is 10.5. The fourth-order valence-corrected chi connectivity index (χ4v) is 7.09. The van der Waals surface area contributed by atoms with Gasteiger partial charge < -0.3 is 19.5 Å². The topological polar surface area (TPSA) is 71.9 Å². The van der Waals surface area contributed by atoms with Gasteiger partial charge in [0.2, 0.25) is 0 Å². The summed E-state index contributed by atoms with van der Waals surface area (Å²) in [4.78, 5) is 20.2. The van der Waals surface area contributed by atoms with Gasteiger partial charge in [-0.2, -0.15) is 0 Å².